The number of hydrogen-bond donors (Lipinski definition) is 1. The largest absolute Gasteiger partial charge is 0.461 e. The second-order valence-electron chi connectivity index (χ2n) is 12.9. The molecule has 2 aromatic rings. The van der Waals surface area contributed by atoms with Crippen molar-refractivity contribution >= 4 is 23.4 Å². The predicted molar refractivity (Wildman–Crippen MR) is 170 cm³/mol. The van der Waals surface area contributed by atoms with Crippen LogP contribution in [0.2, 0.25) is 0 Å². The molecule has 2 aromatic heterocycles. The van der Waals surface area contributed by atoms with Gasteiger partial charge in [0.1, 0.15) is 29.6 Å². The fraction of sp³-hybridized carbons (Fsp3) is 0.594. The standard InChI is InChI=1S/C32H41F4N9O3/c1-19-14-25(38)40-28(26(19)32(34,35)36)43-11-8-23-24(16-43)39-30(48-18-31(3)21(17-47-5)7-10-42(31)4)41-27(23)44-12-13-45(29(46)20(2)33)22(15-44)6-9-37/h14,21-22H,2,6-8,10-13,15-18H2,1,3-5H3,(H2,38,40)/t21-,22-,31+/m0/s1. The number of aryl methyl sites for hydroxylation is 1. The monoisotopic (exact) mass is 675 g/mol. The minimum absolute atomic E-state index is 0.0224. The molecule has 0 spiro atoms. The molecule has 5 heterocycles. The number of pyridine rings is 1. The topological polar surface area (TPSA) is 137 Å². The number of likely N-dealkylation sites (N-methyl/N-ethyl adjacent to an activating group) is 1. The van der Waals surface area contributed by atoms with Crippen molar-refractivity contribution in [3.8, 4) is 12.1 Å². The normalized spacial score (nSPS) is 23.2. The molecule has 0 aromatic carbocycles. The third-order valence-electron chi connectivity index (χ3n) is 9.85. The number of fused-ring (bicyclic) bond motifs is 1. The van der Waals surface area contributed by atoms with E-state index < -0.39 is 35.1 Å². The first-order valence-corrected chi connectivity index (χ1v) is 15.8. The van der Waals surface area contributed by atoms with Crippen molar-refractivity contribution in [1.82, 2.24) is 24.8 Å². The Morgan fingerprint density at radius 2 is 1.94 bits per heavy atom. The number of nitrogen functional groups attached to an aromatic ring is 1. The smallest absolute Gasteiger partial charge is 0.420 e. The molecule has 3 aliphatic heterocycles. The second kappa shape index (κ2) is 13.7. The highest BCUT2D eigenvalue weighted by Gasteiger charge is 2.44. The number of carbonyl (C=O) groups is 1. The first-order chi connectivity index (χ1) is 22.7. The summed E-state index contributed by atoms with van der Waals surface area (Å²) in [5, 5.41) is 9.50. The Bertz CT molecular complexity index is 1600. The van der Waals surface area contributed by atoms with Crippen LogP contribution >= 0.6 is 0 Å². The number of hydrogen-bond acceptors (Lipinski definition) is 11. The number of nitriles is 1. The van der Waals surface area contributed by atoms with Crippen LogP contribution in [0, 0.1) is 24.2 Å². The number of aromatic nitrogens is 3. The summed E-state index contributed by atoms with van der Waals surface area (Å²) in [6.07, 6.45) is -3.52. The number of amides is 1. The Hall–Kier alpha value is -4.23. The summed E-state index contributed by atoms with van der Waals surface area (Å²) in [7, 11) is 3.67. The van der Waals surface area contributed by atoms with Gasteiger partial charge in [-0.05, 0) is 51.9 Å². The van der Waals surface area contributed by atoms with Gasteiger partial charge in [0.25, 0.3) is 5.91 Å². The third kappa shape index (κ3) is 6.84. The van der Waals surface area contributed by atoms with Gasteiger partial charge in [-0.2, -0.15) is 28.4 Å². The Morgan fingerprint density at radius 3 is 2.60 bits per heavy atom. The highest BCUT2D eigenvalue weighted by Crippen LogP contribution is 2.41. The van der Waals surface area contributed by atoms with Crippen LogP contribution in [0.4, 0.5) is 35.0 Å². The van der Waals surface area contributed by atoms with Crippen LogP contribution in [0.25, 0.3) is 0 Å². The van der Waals surface area contributed by atoms with E-state index in [0.29, 0.717) is 23.7 Å². The van der Waals surface area contributed by atoms with Gasteiger partial charge in [-0.15, -0.1) is 0 Å². The van der Waals surface area contributed by atoms with Crippen molar-refractivity contribution in [2.75, 3.05) is 75.6 Å². The zero-order chi connectivity index (χ0) is 35.0. The Balaban J connectivity index is 1.53. The molecule has 0 unspecified atom stereocenters. The van der Waals surface area contributed by atoms with Gasteiger partial charge in [0, 0.05) is 44.8 Å². The third-order valence-corrected chi connectivity index (χ3v) is 9.85. The second-order valence-corrected chi connectivity index (χ2v) is 12.9. The van der Waals surface area contributed by atoms with Gasteiger partial charge in [0.05, 0.1) is 42.9 Å². The molecule has 3 aliphatic rings. The van der Waals surface area contributed by atoms with E-state index in [-0.39, 0.29) is 81.3 Å². The van der Waals surface area contributed by atoms with E-state index in [1.807, 2.05) is 11.9 Å². The first-order valence-electron chi connectivity index (χ1n) is 15.8. The van der Waals surface area contributed by atoms with E-state index in [0.717, 1.165) is 13.0 Å². The highest BCUT2D eigenvalue weighted by molar-refractivity contribution is 5.91. The number of rotatable bonds is 9. The van der Waals surface area contributed by atoms with E-state index in [4.69, 9.17) is 25.2 Å². The van der Waals surface area contributed by atoms with Crippen molar-refractivity contribution < 1.29 is 31.8 Å². The number of carbonyl (C=O) groups excluding carboxylic acids is 1. The van der Waals surface area contributed by atoms with Crippen LogP contribution in [-0.2, 0) is 28.7 Å². The number of anilines is 3. The number of nitrogens with zero attached hydrogens (tertiary/aromatic N) is 8. The van der Waals surface area contributed by atoms with Gasteiger partial charge < -0.3 is 29.9 Å². The number of likely N-dealkylation sites (tertiary alicyclic amines) is 1. The fourth-order valence-electron chi connectivity index (χ4n) is 7.04. The molecule has 5 rings (SSSR count). The molecule has 2 saturated heterocycles. The summed E-state index contributed by atoms with van der Waals surface area (Å²) in [4.78, 5) is 33.1. The minimum atomic E-state index is -4.66. The fourth-order valence-corrected chi connectivity index (χ4v) is 7.04. The molecule has 0 bridgehead atoms. The molecule has 0 aliphatic carbocycles. The zero-order valence-corrected chi connectivity index (χ0v) is 27.6. The van der Waals surface area contributed by atoms with Crippen LogP contribution in [0.3, 0.4) is 0 Å². The van der Waals surface area contributed by atoms with E-state index in [2.05, 4.69) is 29.5 Å². The highest BCUT2D eigenvalue weighted by atomic mass is 19.4. The van der Waals surface area contributed by atoms with Crippen molar-refractivity contribution in [3.05, 3.63) is 40.9 Å². The van der Waals surface area contributed by atoms with Gasteiger partial charge in [0.2, 0.25) is 0 Å². The molecular formula is C32H41F4N9O3. The number of methoxy groups -OCH3 is 1. The summed E-state index contributed by atoms with van der Waals surface area (Å²) < 4.78 is 68.4. The first kappa shape index (κ1) is 35.1. The van der Waals surface area contributed by atoms with Gasteiger partial charge in [-0.25, -0.2) is 9.37 Å². The average molecular weight is 676 g/mol. The van der Waals surface area contributed by atoms with Gasteiger partial charge in [-0.1, -0.05) is 6.58 Å². The van der Waals surface area contributed by atoms with Crippen molar-refractivity contribution in [2.45, 2.75) is 57.4 Å². The Kier molecular flexibility index (Phi) is 10.0. The van der Waals surface area contributed by atoms with Crippen LogP contribution in [0.5, 0.6) is 6.01 Å². The summed E-state index contributed by atoms with van der Waals surface area (Å²) in [6.45, 7) is 8.87. The lowest BCUT2D eigenvalue weighted by Gasteiger charge is -2.42. The number of ether oxygens (including phenoxy) is 2. The van der Waals surface area contributed by atoms with Crippen molar-refractivity contribution in [3.63, 3.8) is 0 Å². The summed E-state index contributed by atoms with van der Waals surface area (Å²) >= 11 is 0. The molecule has 16 heteroatoms. The van der Waals surface area contributed by atoms with Gasteiger partial charge in [-0.3, -0.25) is 9.69 Å². The predicted octanol–water partition coefficient (Wildman–Crippen LogP) is 3.49. The molecule has 12 nitrogen and oxygen atoms in total. The van der Waals surface area contributed by atoms with Gasteiger partial charge >= 0.3 is 12.2 Å². The van der Waals surface area contributed by atoms with E-state index in [1.54, 1.807) is 7.11 Å². The quantitative estimate of drug-likeness (QED) is 0.309. The molecule has 2 fully saturated rings. The number of nitrogens with two attached hydrogens (primary N) is 1. The van der Waals surface area contributed by atoms with Crippen molar-refractivity contribution in [1.29, 1.82) is 5.26 Å². The summed E-state index contributed by atoms with van der Waals surface area (Å²) in [5.74, 6) is -1.61. The lowest BCUT2D eigenvalue weighted by atomic mass is 9.88. The maximum atomic E-state index is 14.3. The maximum Gasteiger partial charge on any atom is 0.420 e. The SMILES string of the molecule is C=C(F)C(=O)N1CCN(c2nc(OC[C@]3(C)[C@H](COC)CCN3C)nc3c2CCN(c2nc(N)cc(C)c2C(F)(F)F)C3)C[C@@H]1CC#N. The number of piperazine rings is 1. The zero-order valence-electron chi connectivity index (χ0n) is 27.6. The Labute approximate surface area is 277 Å². The molecular weight excluding hydrogens is 634 g/mol. The van der Waals surface area contributed by atoms with Crippen molar-refractivity contribution in [2.24, 2.45) is 5.92 Å². The minimum Gasteiger partial charge on any atom is -0.461 e. The lowest BCUT2D eigenvalue weighted by Crippen LogP contribution is -2.56. The summed E-state index contributed by atoms with van der Waals surface area (Å²) in [5.41, 5.74) is 5.79. The summed E-state index contributed by atoms with van der Waals surface area (Å²) in [6, 6.07) is 2.67. The molecule has 2 N–H and O–H groups in total. The van der Waals surface area contributed by atoms with E-state index >= 15 is 0 Å². The van der Waals surface area contributed by atoms with Gasteiger partial charge in [0.15, 0.2) is 5.83 Å². The van der Waals surface area contributed by atoms with E-state index in [9.17, 15) is 27.6 Å². The van der Waals surface area contributed by atoms with Crippen LogP contribution in [0.15, 0.2) is 18.5 Å². The average Bonchev–Trinajstić information content (AvgIpc) is 3.30. The molecule has 0 radical (unpaired) electrons. The maximum absolute atomic E-state index is 14.3. The molecule has 3 atom stereocenters. The Morgan fingerprint density at radius 1 is 1.19 bits per heavy atom. The molecule has 0 saturated carbocycles. The number of alkyl halides is 3. The molecule has 1 amide bonds. The number of halogens is 4. The lowest BCUT2D eigenvalue weighted by molar-refractivity contribution is -0.137. The van der Waals surface area contributed by atoms with Crippen LogP contribution in [0.1, 0.15) is 42.1 Å². The van der Waals surface area contributed by atoms with E-state index in [1.165, 1.54) is 22.8 Å². The molecule has 260 valence electrons. The van der Waals surface area contributed by atoms with Crippen LogP contribution in [-0.4, -0.2) is 102 Å². The van der Waals surface area contributed by atoms with Crippen LogP contribution < -0.4 is 20.3 Å². The molecule has 48 heavy (non-hydrogen) atoms.